The maximum atomic E-state index is 13.8. The molecule has 0 radical (unpaired) electrons. The van der Waals surface area contributed by atoms with Gasteiger partial charge in [0.2, 0.25) is 0 Å². The Morgan fingerprint density at radius 1 is 1.18 bits per heavy atom. The highest BCUT2D eigenvalue weighted by atomic mass is 19.4. The second kappa shape index (κ2) is 4.83. The lowest BCUT2D eigenvalue weighted by Gasteiger charge is -2.10. The fraction of sp³-hybridized carbons (Fsp3) is 0.0833. The number of anilines is 1. The quantitative estimate of drug-likeness (QED) is 0.710. The Morgan fingerprint density at radius 2 is 1.95 bits per heavy atom. The van der Waals surface area contributed by atoms with Crippen LogP contribution in [-0.4, -0.2) is 26.5 Å². The second-order valence-electron chi connectivity index (χ2n) is 4.25. The first kappa shape index (κ1) is 14.0. The smallest absolute Gasteiger partial charge is 0.403 e. The predicted molar refractivity (Wildman–Crippen MR) is 68.2 cm³/mol. The first-order valence-corrected chi connectivity index (χ1v) is 5.85. The molecule has 0 amide bonds. The fourth-order valence-corrected chi connectivity index (χ4v) is 1.95. The maximum absolute atomic E-state index is 13.8. The molecule has 114 valence electrons. The molecule has 0 bridgehead atoms. The summed E-state index contributed by atoms with van der Waals surface area (Å²) in [7, 11) is 0. The Balaban J connectivity index is 2.07. The van der Waals surface area contributed by atoms with Gasteiger partial charge in [-0.15, -0.1) is 13.2 Å². The minimum atomic E-state index is -4.97. The number of hydrogen-bond donors (Lipinski definition) is 2. The van der Waals surface area contributed by atoms with Gasteiger partial charge in [0.25, 0.3) is 0 Å². The first-order chi connectivity index (χ1) is 10.3. The molecule has 2 heterocycles. The predicted octanol–water partition coefficient (Wildman–Crippen LogP) is 2.64. The molecule has 0 atom stereocenters. The van der Waals surface area contributed by atoms with E-state index in [9.17, 15) is 17.6 Å². The van der Waals surface area contributed by atoms with Gasteiger partial charge in [0.15, 0.2) is 17.2 Å². The summed E-state index contributed by atoms with van der Waals surface area (Å²) in [5, 5.41) is 6.83. The third-order valence-corrected chi connectivity index (χ3v) is 2.83. The number of halogens is 4. The number of nitrogen functional groups attached to an aromatic ring is 1. The molecule has 0 saturated heterocycles. The number of ether oxygens (including phenoxy) is 1. The Labute approximate surface area is 119 Å². The highest BCUT2D eigenvalue weighted by Gasteiger charge is 2.32. The van der Waals surface area contributed by atoms with E-state index >= 15 is 0 Å². The summed E-state index contributed by atoms with van der Waals surface area (Å²) in [6.45, 7) is 0. The number of H-pyrrole nitrogens is 1. The molecule has 3 aromatic rings. The average molecular weight is 313 g/mol. The summed E-state index contributed by atoms with van der Waals surface area (Å²) in [4.78, 5) is 7.67. The molecule has 0 aliphatic heterocycles. The number of fused-ring (bicyclic) bond motifs is 1. The van der Waals surface area contributed by atoms with Crippen molar-refractivity contribution in [2.24, 2.45) is 0 Å². The van der Waals surface area contributed by atoms with Crippen LogP contribution in [0, 0.1) is 5.82 Å². The van der Waals surface area contributed by atoms with Crippen LogP contribution in [0.15, 0.2) is 24.5 Å². The van der Waals surface area contributed by atoms with Crippen LogP contribution in [0.2, 0.25) is 0 Å². The van der Waals surface area contributed by atoms with Crippen LogP contribution in [0.4, 0.5) is 23.4 Å². The molecule has 0 fully saturated rings. The first-order valence-electron chi connectivity index (χ1n) is 5.85. The molecule has 6 nitrogen and oxygen atoms in total. The summed E-state index contributed by atoms with van der Waals surface area (Å²) in [6, 6.07) is 2.98. The van der Waals surface area contributed by atoms with Gasteiger partial charge in [0, 0.05) is 5.56 Å². The number of rotatable bonds is 2. The number of benzene rings is 1. The molecule has 1 aromatic carbocycles. The van der Waals surface area contributed by atoms with Crippen molar-refractivity contribution in [2.75, 3.05) is 5.73 Å². The van der Waals surface area contributed by atoms with Crippen LogP contribution in [0.3, 0.4) is 0 Å². The zero-order valence-electron chi connectivity index (χ0n) is 10.6. The van der Waals surface area contributed by atoms with E-state index in [4.69, 9.17) is 5.73 Å². The van der Waals surface area contributed by atoms with Crippen LogP contribution in [0.5, 0.6) is 5.75 Å². The zero-order chi connectivity index (χ0) is 15.9. The van der Waals surface area contributed by atoms with E-state index in [0.717, 1.165) is 12.1 Å². The monoisotopic (exact) mass is 313 g/mol. The zero-order valence-corrected chi connectivity index (χ0v) is 10.6. The number of nitrogens with zero attached hydrogens (tertiary/aromatic N) is 3. The molecule has 0 aliphatic carbocycles. The summed E-state index contributed by atoms with van der Waals surface area (Å²) in [5.41, 5.74) is 6.50. The largest absolute Gasteiger partial charge is 0.573 e. The average Bonchev–Trinajstić information content (AvgIpc) is 2.85. The molecule has 0 spiro atoms. The van der Waals surface area contributed by atoms with Gasteiger partial charge < -0.3 is 10.5 Å². The topological polar surface area (TPSA) is 89.7 Å². The summed E-state index contributed by atoms with van der Waals surface area (Å²) in [5.74, 6) is -1.98. The third kappa shape index (κ3) is 2.50. The summed E-state index contributed by atoms with van der Waals surface area (Å²) >= 11 is 0. The van der Waals surface area contributed by atoms with E-state index in [1.807, 2.05) is 0 Å². The van der Waals surface area contributed by atoms with Gasteiger partial charge >= 0.3 is 6.36 Å². The van der Waals surface area contributed by atoms with Gasteiger partial charge in [-0.05, 0) is 18.2 Å². The van der Waals surface area contributed by atoms with Crippen LogP contribution in [0.1, 0.15) is 0 Å². The normalized spacial score (nSPS) is 11.8. The number of nitrogens with one attached hydrogen (secondary N) is 1. The lowest BCUT2D eigenvalue weighted by Crippen LogP contribution is -2.17. The molecule has 2 aromatic heterocycles. The Bertz CT molecular complexity index is 845. The van der Waals surface area contributed by atoms with Crippen LogP contribution < -0.4 is 10.5 Å². The Kier molecular flexibility index (Phi) is 3.08. The van der Waals surface area contributed by atoms with Crippen molar-refractivity contribution in [3.8, 4) is 17.0 Å². The van der Waals surface area contributed by atoms with Gasteiger partial charge in [0.05, 0.1) is 11.1 Å². The number of aromatic amines is 1. The van der Waals surface area contributed by atoms with Gasteiger partial charge in [0.1, 0.15) is 12.1 Å². The molecule has 0 saturated carbocycles. The Hall–Kier alpha value is -2.91. The Morgan fingerprint density at radius 3 is 2.64 bits per heavy atom. The van der Waals surface area contributed by atoms with E-state index in [1.54, 1.807) is 0 Å². The van der Waals surface area contributed by atoms with Crippen molar-refractivity contribution in [1.82, 2.24) is 20.2 Å². The van der Waals surface area contributed by atoms with E-state index in [1.165, 1.54) is 12.4 Å². The molecule has 0 unspecified atom stereocenters. The lowest BCUT2D eigenvalue weighted by atomic mass is 10.1. The van der Waals surface area contributed by atoms with Crippen LogP contribution in [-0.2, 0) is 0 Å². The minimum absolute atomic E-state index is 0.116. The number of hydrogen-bond acceptors (Lipinski definition) is 5. The van der Waals surface area contributed by atoms with Gasteiger partial charge in [-0.25, -0.2) is 14.4 Å². The minimum Gasteiger partial charge on any atom is -0.403 e. The second-order valence-corrected chi connectivity index (χ2v) is 4.25. The molecular formula is C12H7F4N5O. The molecule has 0 aliphatic rings. The van der Waals surface area contributed by atoms with Crippen molar-refractivity contribution in [3.63, 3.8) is 0 Å². The van der Waals surface area contributed by atoms with Gasteiger partial charge in [-0.2, -0.15) is 5.10 Å². The molecule has 10 heteroatoms. The highest BCUT2D eigenvalue weighted by molar-refractivity contribution is 5.97. The number of aromatic nitrogens is 4. The van der Waals surface area contributed by atoms with Crippen molar-refractivity contribution in [1.29, 1.82) is 0 Å². The molecule has 22 heavy (non-hydrogen) atoms. The van der Waals surface area contributed by atoms with E-state index < -0.39 is 17.9 Å². The maximum Gasteiger partial charge on any atom is 0.573 e. The molecule has 3 N–H and O–H groups in total. The number of alkyl halides is 3. The van der Waals surface area contributed by atoms with Crippen LogP contribution in [0.25, 0.3) is 22.3 Å². The number of nitrogens with two attached hydrogens (primary N) is 1. The van der Waals surface area contributed by atoms with Crippen molar-refractivity contribution >= 4 is 16.9 Å². The highest BCUT2D eigenvalue weighted by Crippen LogP contribution is 2.32. The van der Waals surface area contributed by atoms with E-state index in [2.05, 4.69) is 24.9 Å². The van der Waals surface area contributed by atoms with Crippen molar-refractivity contribution < 1.29 is 22.3 Å². The van der Waals surface area contributed by atoms with Crippen molar-refractivity contribution in [3.05, 3.63) is 30.3 Å². The van der Waals surface area contributed by atoms with Crippen molar-refractivity contribution in [2.45, 2.75) is 6.36 Å². The van der Waals surface area contributed by atoms with Gasteiger partial charge in [-0.1, -0.05) is 0 Å². The fourth-order valence-electron chi connectivity index (χ4n) is 1.95. The van der Waals surface area contributed by atoms with Crippen LogP contribution >= 0.6 is 0 Å². The summed E-state index contributed by atoms with van der Waals surface area (Å²) in [6.07, 6.45) is -3.76. The van der Waals surface area contributed by atoms with E-state index in [0.29, 0.717) is 11.1 Å². The SMILES string of the molecule is Nc1ncnc2n[nH]c(-c3ccc(OC(F)(F)F)c(F)c3)c12. The standard InChI is InChI=1S/C12H7F4N5O/c13-6-3-5(1-2-7(6)22-12(14,15)16)9-8-10(17)18-4-19-11(8)21-20-9/h1-4H,(H3,17,18,19,20,21). The third-order valence-electron chi connectivity index (χ3n) is 2.83. The lowest BCUT2D eigenvalue weighted by molar-refractivity contribution is -0.275. The molecular weight excluding hydrogens is 306 g/mol. The molecule has 3 rings (SSSR count). The van der Waals surface area contributed by atoms with Gasteiger partial charge in [-0.3, -0.25) is 5.10 Å². The van der Waals surface area contributed by atoms with E-state index in [-0.39, 0.29) is 17.0 Å². The summed E-state index contributed by atoms with van der Waals surface area (Å²) < 4.78 is 53.7.